The van der Waals surface area contributed by atoms with E-state index in [9.17, 15) is 4.79 Å². The molecule has 1 aromatic heterocycles. The Bertz CT molecular complexity index is 485. The van der Waals surface area contributed by atoms with Crippen molar-refractivity contribution >= 4 is 17.7 Å². The van der Waals surface area contributed by atoms with Gasteiger partial charge in [0, 0.05) is 19.5 Å². The van der Waals surface area contributed by atoms with Gasteiger partial charge >= 0.3 is 0 Å². The van der Waals surface area contributed by atoms with Crippen molar-refractivity contribution < 1.29 is 9.63 Å². The molecule has 2 aliphatic rings. The Morgan fingerprint density at radius 1 is 1.61 bits per heavy atom. The molecule has 2 aliphatic heterocycles. The van der Waals surface area contributed by atoms with Crippen LogP contribution in [0.4, 0.5) is 5.95 Å². The highest BCUT2D eigenvalue weighted by molar-refractivity contribution is 6.04. The lowest BCUT2D eigenvalue weighted by atomic mass is 10.3. The number of carbonyl (C=O) groups is 1. The number of nitrogens with one attached hydrogen (secondary N) is 2. The number of amides is 1. The maximum absolute atomic E-state index is 11.9. The molecule has 0 spiro atoms. The van der Waals surface area contributed by atoms with Crippen LogP contribution in [0.15, 0.2) is 5.16 Å². The van der Waals surface area contributed by atoms with Crippen molar-refractivity contribution in [2.45, 2.75) is 32.4 Å². The number of anilines is 1. The summed E-state index contributed by atoms with van der Waals surface area (Å²) in [6.45, 7) is 3.53. The average Bonchev–Trinajstić information content (AvgIpc) is 2.95. The van der Waals surface area contributed by atoms with Crippen molar-refractivity contribution in [2.75, 3.05) is 11.9 Å². The van der Waals surface area contributed by atoms with Crippen LogP contribution in [0.2, 0.25) is 0 Å². The lowest BCUT2D eigenvalue weighted by molar-refractivity contribution is 0.0959. The molecule has 1 atom stereocenters. The predicted octanol–water partition coefficient (Wildman–Crippen LogP) is -0.0542. The van der Waals surface area contributed by atoms with Crippen LogP contribution < -0.4 is 10.6 Å². The minimum Gasteiger partial charge on any atom is -0.391 e. The van der Waals surface area contributed by atoms with Gasteiger partial charge in [-0.2, -0.15) is 4.98 Å². The van der Waals surface area contributed by atoms with Gasteiger partial charge < -0.3 is 15.5 Å². The van der Waals surface area contributed by atoms with Crippen LogP contribution in [-0.4, -0.2) is 39.2 Å². The minimum atomic E-state index is -0.352. The fourth-order valence-corrected chi connectivity index (χ4v) is 1.92. The SMILES string of the molecule is CC1CC(NC(=O)c2nc3n(n2)CCCN3)=NO1. The first kappa shape index (κ1) is 11.0. The zero-order valence-electron chi connectivity index (χ0n) is 10.0. The minimum absolute atomic E-state index is 0.00475. The fourth-order valence-electron chi connectivity index (χ4n) is 1.92. The molecular weight excluding hydrogens is 236 g/mol. The number of hydrogen-bond acceptors (Lipinski definition) is 6. The van der Waals surface area contributed by atoms with Crippen molar-refractivity contribution in [3.05, 3.63) is 5.82 Å². The third-order valence-corrected chi connectivity index (χ3v) is 2.79. The molecule has 8 nitrogen and oxygen atoms in total. The van der Waals surface area contributed by atoms with E-state index in [2.05, 4.69) is 25.9 Å². The van der Waals surface area contributed by atoms with Gasteiger partial charge in [-0.1, -0.05) is 5.16 Å². The van der Waals surface area contributed by atoms with Gasteiger partial charge in [-0.15, -0.1) is 5.10 Å². The van der Waals surface area contributed by atoms with Gasteiger partial charge in [0.05, 0.1) is 0 Å². The van der Waals surface area contributed by atoms with Gasteiger partial charge in [-0.25, -0.2) is 4.68 Å². The van der Waals surface area contributed by atoms with Gasteiger partial charge in [0.15, 0.2) is 5.84 Å². The summed E-state index contributed by atoms with van der Waals surface area (Å²) in [7, 11) is 0. The molecule has 1 amide bonds. The Morgan fingerprint density at radius 2 is 2.50 bits per heavy atom. The predicted molar refractivity (Wildman–Crippen MR) is 63.2 cm³/mol. The molecule has 18 heavy (non-hydrogen) atoms. The molecule has 1 unspecified atom stereocenters. The first-order valence-corrected chi connectivity index (χ1v) is 5.95. The van der Waals surface area contributed by atoms with Gasteiger partial charge in [0.2, 0.25) is 11.8 Å². The summed E-state index contributed by atoms with van der Waals surface area (Å²) in [5.74, 6) is 0.967. The largest absolute Gasteiger partial charge is 0.391 e. The highest BCUT2D eigenvalue weighted by atomic mass is 16.6. The lowest BCUT2D eigenvalue weighted by Crippen LogP contribution is -2.31. The molecular formula is C10H14N6O2. The van der Waals surface area contributed by atoms with Crippen LogP contribution in [0.5, 0.6) is 0 Å². The van der Waals surface area contributed by atoms with Crippen LogP contribution >= 0.6 is 0 Å². The van der Waals surface area contributed by atoms with E-state index in [4.69, 9.17) is 4.84 Å². The summed E-state index contributed by atoms with van der Waals surface area (Å²) in [6.07, 6.45) is 1.58. The third kappa shape index (κ3) is 2.01. The number of aryl methyl sites for hydroxylation is 1. The van der Waals surface area contributed by atoms with Crippen LogP contribution in [0.3, 0.4) is 0 Å². The molecule has 0 saturated heterocycles. The van der Waals surface area contributed by atoms with Gasteiger partial charge in [-0.3, -0.25) is 4.79 Å². The number of oxime groups is 1. The summed E-state index contributed by atoms with van der Waals surface area (Å²) in [4.78, 5) is 21.1. The number of rotatable bonds is 1. The van der Waals surface area contributed by atoms with Gasteiger partial charge in [0.25, 0.3) is 5.91 Å². The number of hydrogen-bond donors (Lipinski definition) is 2. The standard InChI is InChI=1S/C10H14N6O2/c1-6-5-7(15-18-6)12-9(17)8-13-10-11-3-2-4-16(10)14-8/h6H,2-5H2,1H3,(H,11,13,14)(H,12,15,17). The Morgan fingerprint density at radius 3 is 3.22 bits per heavy atom. The highest BCUT2D eigenvalue weighted by Crippen LogP contribution is 2.11. The third-order valence-electron chi connectivity index (χ3n) is 2.79. The maximum atomic E-state index is 11.9. The molecule has 1 aromatic rings. The molecule has 3 heterocycles. The average molecular weight is 250 g/mol. The van der Waals surface area contributed by atoms with Crippen LogP contribution in [-0.2, 0) is 11.4 Å². The first-order valence-electron chi connectivity index (χ1n) is 5.95. The van der Waals surface area contributed by atoms with Gasteiger partial charge in [-0.05, 0) is 13.3 Å². The Kier molecular flexibility index (Phi) is 2.62. The van der Waals surface area contributed by atoms with Crippen molar-refractivity contribution in [3.8, 4) is 0 Å². The normalized spacial score (nSPS) is 21.6. The topological polar surface area (TPSA) is 93.4 Å². The van der Waals surface area contributed by atoms with Crippen molar-refractivity contribution in [3.63, 3.8) is 0 Å². The first-order chi connectivity index (χ1) is 8.72. The van der Waals surface area contributed by atoms with E-state index in [1.54, 1.807) is 4.68 Å². The summed E-state index contributed by atoms with van der Waals surface area (Å²) >= 11 is 0. The molecule has 2 N–H and O–H groups in total. The lowest BCUT2D eigenvalue weighted by Gasteiger charge is -2.12. The second kappa shape index (κ2) is 4.28. The second-order valence-corrected chi connectivity index (χ2v) is 4.37. The summed E-state index contributed by atoms with van der Waals surface area (Å²) < 4.78 is 1.70. The zero-order chi connectivity index (χ0) is 12.5. The Hall–Kier alpha value is -2.12. The van der Waals surface area contributed by atoms with Crippen molar-refractivity contribution in [2.24, 2.45) is 5.16 Å². The zero-order valence-corrected chi connectivity index (χ0v) is 10.0. The quantitative estimate of drug-likeness (QED) is 0.728. The van der Waals surface area contributed by atoms with Crippen LogP contribution in [0.1, 0.15) is 30.4 Å². The molecule has 0 fully saturated rings. The maximum Gasteiger partial charge on any atom is 0.296 e. The summed E-state index contributed by atoms with van der Waals surface area (Å²) in [6, 6.07) is 0. The Balaban J connectivity index is 1.70. The molecule has 0 bridgehead atoms. The smallest absolute Gasteiger partial charge is 0.296 e. The number of carbonyl (C=O) groups excluding carboxylic acids is 1. The van der Waals surface area contributed by atoms with E-state index >= 15 is 0 Å². The van der Waals surface area contributed by atoms with E-state index in [1.165, 1.54) is 0 Å². The summed E-state index contributed by atoms with van der Waals surface area (Å²) in [5.41, 5.74) is 0. The molecule has 8 heteroatoms. The number of amidine groups is 1. The van der Waals surface area contributed by atoms with Gasteiger partial charge in [0.1, 0.15) is 6.10 Å². The van der Waals surface area contributed by atoms with Crippen LogP contribution in [0.25, 0.3) is 0 Å². The number of fused-ring (bicyclic) bond motifs is 1. The van der Waals surface area contributed by atoms with E-state index < -0.39 is 0 Å². The summed E-state index contributed by atoms with van der Waals surface area (Å²) in [5, 5.41) is 13.7. The Labute approximate surface area is 103 Å². The second-order valence-electron chi connectivity index (χ2n) is 4.37. The number of aromatic nitrogens is 3. The van der Waals surface area contributed by atoms with Crippen LogP contribution in [0, 0.1) is 0 Å². The molecule has 0 aromatic carbocycles. The fraction of sp³-hybridized carbons (Fsp3) is 0.600. The molecule has 0 aliphatic carbocycles. The van der Waals surface area contributed by atoms with Crippen molar-refractivity contribution in [1.82, 2.24) is 20.1 Å². The monoisotopic (exact) mass is 250 g/mol. The highest BCUT2D eigenvalue weighted by Gasteiger charge is 2.22. The van der Waals surface area contributed by atoms with E-state index in [0.29, 0.717) is 18.2 Å². The molecule has 0 radical (unpaired) electrons. The molecule has 96 valence electrons. The van der Waals surface area contributed by atoms with E-state index in [0.717, 1.165) is 19.5 Å². The van der Waals surface area contributed by atoms with E-state index in [-0.39, 0.29) is 17.8 Å². The van der Waals surface area contributed by atoms with E-state index in [1.807, 2.05) is 6.92 Å². The number of nitrogens with zero attached hydrogens (tertiary/aromatic N) is 4. The van der Waals surface area contributed by atoms with Crippen molar-refractivity contribution in [1.29, 1.82) is 0 Å². The molecule has 0 saturated carbocycles. The molecule has 3 rings (SSSR count).